The minimum Gasteiger partial charge on any atom is -0.337 e. The van der Waals surface area contributed by atoms with E-state index < -0.39 is 0 Å². The van der Waals surface area contributed by atoms with E-state index in [1.54, 1.807) is 18.2 Å². The van der Waals surface area contributed by atoms with Crippen LogP contribution in [0.4, 0.5) is 0 Å². The number of nitrogens with one attached hydrogen (secondary N) is 1. The molecule has 0 aliphatic carbocycles. The highest BCUT2D eigenvalue weighted by Gasteiger charge is 2.28. The average Bonchev–Trinajstić information content (AvgIpc) is 3.34. The molecule has 5 nitrogen and oxygen atoms in total. The van der Waals surface area contributed by atoms with Gasteiger partial charge in [0.15, 0.2) is 0 Å². The summed E-state index contributed by atoms with van der Waals surface area (Å²) in [5.41, 5.74) is 2.57. The Kier molecular flexibility index (Phi) is 5.51. The lowest BCUT2D eigenvalue weighted by molar-refractivity contribution is 0.0783. The summed E-state index contributed by atoms with van der Waals surface area (Å²) in [6, 6.07) is 11.2. The first-order valence-electron chi connectivity index (χ1n) is 9.34. The molecule has 4 rings (SSSR count). The molecule has 1 aliphatic rings. The van der Waals surface area contributed by atoms with Gasteiger partial charge in [-0.3, -0.25) is 9.89 Å². The van der Waals surface area contributed by atoms with Crippen LogP contribution in [0.2, 0.25) is 10.0 Å². The maximum atomic E-state index is 13.0. The topological polar surface area (TPSA) is 52.2 Å². The van der Waals surface area contributed by atoms with Gasteiger partial charge in [0, 0.05) is 30.1 Å². The molecule has 0 radical (unpaired) electrons. The zero-order valence-corrected chi connectivity index (χ0v) is 17.7. The van der Waals surface area contributed by atoms with Crippen molar-refractivity contribution in [1.82, 2.24) is 20.0 Å². The molecule has 0 unspecified atom stereocenters. The van der Waals surface area contributed by atoms with Crippen molar-refractivity contribution in [3.63, 3.8) is 0 Å². The van der Waals surface area contributed by atoms with Crippen molar-refractivity contribution in [2.75, 3.05) is 27.2 Å². The second kappa shape index (κ2) is 8.08. The number of rotatable bonds is 2. The number of H-pyrrole nitrogens is 1. The van der Waals surface area contributed by atoms with E-state index in [9.17, 15) is 4.79 Å². The number of aromatic nitrogens is 2. The van der Waals surface area contributed by atoms with Gasteiger partial charge < -0.3 is 9.80 Å². The van der Waals surface area contributed by atoms with Crippen LogP contribution in [0, 0.1) is 11.8 Å². The molecule has 1 amide bonds. The summed E-state index contributed by atoms with van der Waals surface area (Å²) in [6.07, 6.45) is 0.988. The SMILES string of the molecule is CN(C)[C@H]1CCN(C(=O)c2ccc3[nH]nc(C#Cc4c(Cl)cccc4Cl)c3c2)C1. The quantitative estimate of drug-likeness (QED) is 0.628. The molecule has 1 aliphatic heterocycles. The van der Waals surface area contributed by atoms with Crippen molar-refractivity contribution in [3.05, 3.63) is 63.3 Å². The number of likely N-dealkylation sites (tertiary alicyclic amines) is 1. The standard InChI is InChI=1S/C22H20Cl2N4O/c1-27(2)15-10-11-28(13-15)22(29)14-6-8-20-17(12-14)21(26-25-20)9-7-16-18(23)4-3-5-19(16)24/h3-6,8,12,15H,10-11,13H2,1-2H3,(H,25,26)/t15-/m0/s1. The second-order valence-electron chi connectivity index (χ2n) is 7.34. The van der Waals surface area contributed by atoms with Gasteiger partial charge in [0.25, 0.3) is 5.91 Å². The van der Waals surface area contributed by atoms with Crippen molar-refractivity contribution in [2.24, 2.45) is 0 Å². The van der Waals surface area contributed by atoms with Crippen LogP contribution >= 0.6 is 23.2 Å². The highest BCUT2D eigenvalue weighted by atomic mass is 35.5. The molecule has 148 valence electrons. The van der Waals surface area contributed by atoms with Crippen molar-refractivity contribution < 1.29 is 4.79 Å². The molecule has 0 spiro atoms. The first-order chi connectivity index (χ1) is 13.9. The molecule has 1 N–H and O–H groups in total. The fourth-order valence-electron chi connectivity index (χ4n) is 3.51. The fraction of sp³-hybridized carbons (Fsp3) is 0.273. The maximum Gasteiger partial charge on any atom is 0.253 e. The molecule has 3 aromatic rings. The summed E-state index contributed by atoms with van der Waals surface area (Å²) >= 11 is 12.4. The van der Waals surface area contributed by atoms with E-state index in [1.807, 2.05) is 37.2 Å². The minimum absolute atomic E-state index is 0.0329. The summed E-state index contributed by atoms with van der Waals surface area (Å²) in [5, 5.41) is 9.03. The summed E-state index contributed by atoms with van der Waals surface area (Å²) < 4.78 is 0. The van der Waals surface area contributed by atoms with E-state index in [0.29, 0.717) is 32.9 Å². The number of nitrogens with zero attached hydrogens (tertiary/aromatic N) is 3. The number of amides is 1. The summed E-state index contributed by atoms with van der Waals surface area (Å²) in [7, 11) is 4.10. The monoisotopic (exact) mass is 426 g/mol. The maximum absolute atomic E-state index is 13.0. The molecular weight excluding hydrogens is 407 g/mol. The van der Waals surface area contributed by atoms with Crippen molar-refractivity contribution >= 4 is 40.0 Å². The van der Waals surface area contributed by atoms with E-state index in [-0.39, 0.29) is 5.91 Å². The number of halogens is 2. The Hall–Kier alpha value is -2.52. The Morgan fingerprint density at radius 1 is 1.21 bits per heavy atom. The predicted octanol–water partition coefficient (Wildman–Crippen LogP) is 4.05. The van der Waals surface area contributed by atoms with E-state index in [4.69, 9.17) is 23.2 Å². The third-order valence-corrected chi connectivity index (χ3v) is 5.89. The van der Waals surface area contributed by atoms with Crippen LogP contribution in [0.5, 0.6) is 0 Å². The molecule has 2 heterocycles. The van der Waals surface area contributed by atoms with Gasteiger partial charge in [0.2, 0.25) is 0 Å². The van der Waals surface area contributed by atoms with Crippen LogP contribution in [0.15, 0.2) is 36.4 Å². The first-order valence-corrected chi connectivity index (χ1v) is 10.1. The predicted molar refractivity (Wildman–Crippen MR) is 117 cm³/mol. The van der Waals surface area contributed by atoms with E-state index in [1.165, 1.54) is 0 Å². The third-order valence-electron chi connectivity index (χ3n) is 5.26. The smallest absolute Gasteiger partial charge is 0.253 e. The fourth-order valence-corrected chi connectivity index (χ4v) is 4.00. The number of aromatic amines is 1. The van der Waals surface area contributed by atoms with Gasteiger partial charge in [-0.05, 0) is 56.8 Å². The van der Waals surface area contributed by atoms with Gasteiger partial charge in [-0.15, -0.1) is 0 Å². The van der Waals surface area contributed by atoms with Crippen LogP contribution in [0.3, 0.4) is 0 Å². The van der Waals surface area contributed by atoms with Crippen molar-refractivity contribution in [3.8, 4) is 11.8 Å². The Morgan fingerprint density at radius 3 is 2.66 bits per heavy atom. The Balaban J connectivity index is 1.64. The van der Waals surface area contributed by atoms with Crippen molar-refractivity contribution in [1.29, 1.82) is 0 Å². The molecule has 7 heteroatoms. The largest absolute Gasteiger partial charge is 0.337 e. The second-order valence-corrected chi connectivity index (χ2v) is 8.15. The normalized spacial score (nSPS) is 16.3. The van der Waals surface area contributed by atoms with E-state index >= 15 is 0 Å². The number of carbonyl (C=O) groups excluding carboxylic acids is 1. The molecule has 1 fully saturated rings. The van der Waals surface area contributed by atoms with E-state index in [2.05, 4.69) is 26.9 Å². The number of fused-ring (bicyclic) bond motifs is 1. The van der Waals surface area contributed by atoms with Crippen LogP contribution in [0.25, 0.3) is 10.9 Å². The zero-order valence-electron chi connectivity index (χ0n) is 16.2. The molecule has 29 heavy (non-hydrogen) atoms. The summed E-state index contributed by atoms with van der Waals surface area (Å²) in [4.78, 5) is 17.0. The molecule has 0 saturated carbocycles. The number of hydrogen-bond donors (Lipinski definition) is 1. The molecular formula is C22H20Cl2N4O. The minimum atomic E-state index is 0.0329. The highest BCUT2D eigenvalue weighted by molar-refractivity contribution is 6.36. The lowest BCUT2D eigenvalue weighted by Gasteiger charge is -2.20. The van der Waals surface area contributed by atoms with Crippen LogP contribution in [0.1, 0.15) is 28.0 Å². The zero-order chi connectivity index (χ0) is 20.5. The molecule has 1 saturated heterocycles. The van der Waals surface area contributed by atoms with E-state index in [0.717, 1.165) is 30.4 Å². The number of carbonyl (C=O) groups is 1. The average molecular weight is 427 g/mol. The van der Waals surface area contributed by atoms with Crippen LogP contribution < -0.4 is 0 Å². The summed E-state index contributed by atoms with van der Waals surface area (Å²) in [6.45, 7) is 1.51. The Morgan fingerprint density at radius 2 is 1.97 bits per heavy atom. The Labute approximate surface area is 179 Å². The molecule has 1 aromatic heterocycles. The molecule has 2 aromatic carbocycles. The lowest BCUT2D eigenvalue weighted by atomic mass is 10.1. The lowest BCUT2D eigenvalue weighted by Crippen LogP contribution is -2.34. The van der Waals surface area contributed by atoms with Gasteiger partial charge in [0.1, 0.15) is 5.69 Å². The van der Waals surface area contributed by atoms with Gasteiger partial charge in [0.05, 0.1) is 21.1 Å². The highest BCUT2D eigenvalue weighted by Crippen LogP contribution is 2.24. The number of hydrogen-bond acceptors (Lipinski definition) is 3. The summed E-state index contributed by atoms with van der Waals surface area (Å²) in [5.74, 6) is 6.06. The Bertz CT molecular complexity index is 1120. The van der Waals surface area contributed by atoms with Crippen LogP contribution in [-0.4, -0.2) is 59.1 Å². The van der Waals surface area contributed by atoms with Gasteiger partial charge >= 0.3 is 0 Å². The van der Waals surface area contributed by atoms with Crippen LogP contribution in [-0.2, 0) is 0 Å². The number of likely N-dealkylation sites (N-methyl/N-ethyl adjacent to an activating group) is 1. The van der Waals surface area contributed by atoms with Gasteiger partial charge in [-0.1, -0.05) is 35.2 Å². The first kappa shape index (κ1) is 19.8. The molecule has 1 atom stereocenters. The molecule has 0 bridgehead atoms. The third kappa shape index (κ3) is 3.97. The van der Waals surface area contributed by atoms with Crippen molar-refractivity contribution in [2.45, 2.75) is 12.5 Å². The number of benzene rings is 2. The van der Waals surface area contributed by atoms with Gasteiger partial charge in [-0.2, -0.15) is 5.10 Å². The van der Waals surface area contributed by atoms with Gasteiger partial charge in [-0.25, -0.2) is 0 Å².